The van der Waals surface area contributed by atoms with E-state index in [1.54, 1.807) is 7.11 Å². The fourth-order valence-corrected chi connectivity index (χ4v) is 4.27. The van der Waals surface area contributed by atoms with E-state index in [0.717, 1.165) is 11.1 Å². The molecule has 7 nitrogen and oxygen atoms in total. The average molecular weight is 442 g/mol. The lowest BCUT2D eigenvalue weighted by Crippen LogP contribution is -2.58. The molecule has 1 fully saturated rings. The smallest absolute Gasteiger partial charge is 0.329 e. The summed E-state index contributed by atoms with van der Waals surface area (Å²) in [5.41, 5.74) is 0.356. The van der Waals surface area contributed by atoms with Crippen LogP contribution in [0.25, 0.3) is 0 Å². The van der Waals surface area contributed by atoms with Crippen LogP contribution < -0.4 is 9.47 Å². The third kappa shape index (κ3) is 4.60. The standard InChI is InChI=1S/C25H31NO6/c1-24(2,3)32-23(27)25(13-18-10-11-21-22(12-18)31-17-30-21)15-29-16-26(25)20(14-28-4)19-8-6-5-7-9-19/h5-12,20H,13-17H2,1-4H3/t20-,25+/m0/s1. The topological polar surface area (TPSA) is 66.5 Å². The predicted octanol–water partition coefficient (Wildman–Crippen LogP) is 3.72. The SMILES string of the molecule is COC[C@@H](c1ccccc1)N1COC[C@]1(Cc1ccc2c(c1)OCO2)C(=O)OC(C)(C)C. The monoisotopic (exact) mass is 441 g/mol. The van der Waals surface area contributed by atoms with E-state index in [1.807, 2.05) is 69.3 Å². The van der Waals surface area contributed by atoms with Gasteiger partial charge in [0.25, 0.3) is 0 Å². The molecule has 2 atom stereocenters. The highest BCUT2D eigenvalue weighted by Crippen LogP contribution is 2.39. The number of esters is 1. The van der Waals surface area contributed by atoms with Crippen molar-refractivity contribution in [2.75, 3.05) is 33.8 Å². The van der Waals surface area contributed by atoms with Crippen molar-refractivity contribution in [2.24, 2.45) is 0 Å². The molecule has 2 aromatic carbocycles. The Kier molecular flexibility index (Phi) is 6.42. The Balaban J connectivity index is 1.74. The van der Waals surface area contributed by atoms with Gasteiger partial charge in [-0.25, -0.2) is 4.79 Å². The third-order valence-electron chi connectivity index (χ3n) is 5.72. The number of rotatable bonds is 7. The second kappa shape index (κ2) is 9.10. The van der Waals surface area contributed by atoms with Crippen LogP contribution in [0.3, 0.4) is 0 Å². The van der Waals surface area contributed by atoms with E-state index in [1.165, 1.54) is 0 Å². The van der Waals surface area contributed by atoms with Crippen molar-refractivity contribution in [3.63, 3.8) is 0 Å². The van der Waals surface area contributed by atoms with Gasteiger partial charge in [0, 0.05) is 13.5 Å². The summed E-state index contributed by atoms with van der Waals surface area (Å²) in [4.78, 5) is 15.8. The molecule has 7 heteroatoms. The Morgan fingerprint density at radius 3 is 2.59 bits per heavy atom. The first-order valence-electron chi connectivity index (χ1n) is 10.8. The fourth-order valence-electron chi connectivity index (χ4n) is 4.27. The highest BCUT2D eigenvalue weighted by Gasteiger charge is 2.53. The summed E-state index contributed by atoms with van der Waals surface area (Å²) in [7, 11) is 1.67. The number of hydrogen-bond donors (Lipinski definition) is 0. The van der Waals surface area contributed by atoms with Crippen molar-refractivity contribution >= 4 is 5.97 Å². The summed E-state index contributed by atoms with van der Waals surface area (Å²) in [5.74, 6) is 1.09. The minimum atomic E-state index is -1.01. The highest BCUT2D eigenvalue weighted by molar-refractivity contribution is 5.82. The number of carbonyl (C=O) groups is 1. The Morgan fingerprint density at radius 2 is 1.88 bits per heavy atom. The van der Waals surface area contributed by atoms with E-state index in [4.69, 9.17) is 23.7 Å². The van der Waals surface area contributed by atoms with Crippen LogP contribution in [-0.4, -0.2) is 55.9 Å². The summed E-state index contributed by atoms with van der Waals surface area (Å²) in [6, 6.07) is 15.6. The lowest BCUT2D eigenvalue weighted by atomic mass is 9.87. The molecule has 0 amide bonds. The van der Waals surface area contributed by atoms with Crippen molar-refractivity contribution in [3.8, 4) is 11.5 Å². The molecule has 0 bridgehead atoms. The first kappa shape index (κ1) is 22.6. The molecule has 1 saturated heterocycles. The zero-order chi connectivity index (χ0) is 22.8. The van der Waals surface area contributed by atoms with Gasteiger partial charge in [-0.3, -0.25) is 4.90 Å². The van der Waals surface area contributed by atoms with Crippen LogP contribution in [0, 0.1) is 0 Å². The van der Waals surface area contributed by atoms with E-state index < -0.39 is 11.1 Å². The first-order chi connectivity index (χ1) is 15.3. The van der Waals surface area contributed by atoms with Crippen LogP contribution in [0.15, 0.2) is 48.5 Å². The molecule has 0 spiro atoms. The van der Waals surface area contributed by atoms with Crippen molar-refractivity contribution in [2.45, 2.75) is 44.4 Å². The van der Waals surface area contributed by atoms with Crippen LogP contribution in [0.1, 0.15) is 37.9 Å². The molecule has 0 radical (unpaired) electrons. The largest absolute Gasteiger partial charge is 0.459 e. The number of carbonyl (C=O) groups excluding carboxylic acids is 1. The average Bonchev–Trinajstić information content (AvgIpc) is 3.39. The van der Waals surface area contributed by atoms with Gasteiger partial charge in [-0.2, -0.15) is 0 Å². The van der Waals surface area contributed by atoms with E-state index in [2.05, 4.69) is 4.90 Å². The van der Waals surface area contributed by atoms with Crippen molar-refractivity contribution in [1.82, 2.24) is 4.90 Å². The van der Waals surface area contributed by atoms with Crippen LogP contribution in [0.4, 0.5) is 0 Å². The molecule has 0 unspecified atom stereocenters. The van der Waals surface area contributed by atoms with E-state index in [0.29, 0.717) is 31.3 Å². The number of nitrogens with zero attached hydrogens (tertiary/aromatic N) is 1. The summed E-state index contributed by atoms with van der Waals surface area (Å²) >= 11 is 0. The van der Waals surface area contributed by atoms with Crippen molar-refractivity contribution < 1.29 is 28.5 Å². The summed E-state index contributed by atoms with van der Waals surface area (Å²) in [6.45, 7) is 6.78. The second-order valence-electron chi connectivity index (χ2n) is 9.23. The number of fused-ring (bicyclic) bond motifs is 1. The Morgan fingerprint density at radius 1 is 1.12 bits per heavy atom. The predicted molar refractivity (Wildman–Crippen MR) is 119 cm³/mol. The summed E-state index contributed by atoms with van der Waals surface area (Å²) < 4.78 is 28.4. The van der Waals surface area contributed by atoms with Gasteiger partial charge in [0.1, 0.15) is 17.9 Å². The maximum absolute atomic E-state index is 13.7. The molecule has 0 aromatic heterocycles. The number of ether oxygens (including phenoxy) is 5. The van der Waals surface area contributed by atoms with Crippen LogP contribution in [-0.2, 0) is 25.4 Å². The van der Waals surface area contributed by atoms with Gasteiger partial charge in [0.2, 0.25) is 6.79 Å². The maximum atomic E-state index is 13.7. The molecule has 0 N–H and O–H groups in total. The van der Waals surface area contributed by atoms with Gasteiger partial charge in [0.05, 0.1) is 19.3 Å². The normalized spacial score (nSPS) is 21.5. The molecule has 4 rings (SSSR count). The molecule has 2 aliphatic rings. The van der Waals surface area contributed by atoms with E-state index in [9.17, 15) is 4.79 Å². The molecular weight excluding hydrogens is 410 g/mol. The number of methoxy groups -OCH3 is 1. The molecule has 0 aliphatic carbocycles. The first-order valence-corrected chi connectivity index (χ1v) is 10.8. The van der Waals surface area contributed by atoms with Gasteiger partial charge in [-0.1, -0.05) is 36.4 Å². The molecule has 32 heavy (non-hydrogen) atoms. The van der Waals surface area contributed by atoms with Gasteiger partial charge in [0.15, 0.2) is 11.5 Å². The van der Waals surface area contributed by atoms with Crippen LogP contribution in [0.5, 0.6) is 11.5 Å². The van der Waals surface area contributed by atoms with Gasteiger partial charge < -0.3 is 23.7 Å². The molecule has 2 heterocycles. The molecule has 2 aliphatic heterocycles. The lowest BCUT2D eigenvalue weighted by molar-refractivity contribution is -0.169. The summed E-state index contributed by atoms with van der Waals surface area (Å²) in [6.07, 6.45) is 0.408. The van der Waals surface area contributed by atoms with Crippen molar-refractivity contribution in [1.29, 1.82) is 0 Å². The Bertz CT molecular complexity index is 941. The minimum absolute atomic E-state index is 0.176. The maximum Gasteiger partial charge on any atom is 0.329 e. The quantitative estimate of drug-likeness (QED) is 0.607. The second-order valence-corrected chi connectivity index (χ2v) is 9.23. The number of hydrogen-bond acceptors (Lipinski definition) is 7. The molecule has 172 valence electrons. The number of benzene rings is 2. The zero-order valence-electron chi connectivity index (χ0n) is 19.1. The zero-order valence-corrected chi connectivity index (χ0v) is 19.1. The molecular formula is C25H31NO6. The van der Waals surface area contributed by atoms with E-state index >= 15 is 0 Å². The Labute approximate surface area is 189 Å². The minimum Gasteiger partial charge on any atom is -0.459 e. The molecule has 0 saturated carbocycles. The van der Waals surface area contributed by atoms with Crippen LogP contribution in [0.2, 0.25) is 0 Å². The van der Waals surface area contributed by atoms with Crippen LogP contribution >= 0.6 is 0 Å². The Hall–Kier alpha value is -2.61. The molecule has 2 aromatic rings. The third-order valence-corrected chi connectivity index (χ3v) is 5.72. The van der Waals surface area contributed by atoms with Gasteiger partial charge in [-0.05, 0) is 44.0 Å². The highest BCUT2D eigenvalue weighted by atomic mass is 16.7. The fraction of sp³-hybridized carbons (Fsp3) is 0.480. The van der Waals surface area contributed by atoms with Crippen molar-refractivity contribution in [3.05, 3.63) is 59.7 Å². The summed E-state index contributed by atoms with van der Waals surface area (Å²) in [5, 5.41) is 0. The lowest BCUT2D eigenvalue weighted by Gasteiger charge is -2.41. The van der Waals surface area contributed by atoms with Gasteiger partial charge >= 0.3 is 5.97 Å². The van der Waals surface area contributed by atoms with Gasteiger partial charge in [-0.15, -0.1) is 0 Å². The van der Waals surface area contributed by atoms with E-state index in [-0.39, 0.29) is 25.4 Å².